The Morgan fingerprint density at radius 2 is 1.96 bits per heavy atom. The number of rotatable bonds is 4. The number of benzene rings is 2. The second kappa shape index (κ2) is 6.40. The lowest BCUT2D eigenvalue weighted by Gasteiger charge is -2.26. The highest BCUT2D eigenvalue weighted by Crippen LogP contribution is 2.34. The third-order valence-electron chi connectivity index (χ3n) is 4.67. The van der Waals surface area contributed by atoms with Gasteiger partial charge in [-0.2, -0.15) is 5.10 Å². The summed E-state index contributed by atoms with van der Waals surface area (Å²) in [6.07, 6.45) is 8.98. The topological polar surface area (TPSA) is 60.9 Å². The zero-order valence-corrected chi connectivity index (χ0v) is 13.5. The van der Waals surface area contributed by atoms with E-state index in [2.05, 4.69) is 33.7 Å². The lowest BCUT2D eigenvalue weighted by Crippen LogP contribution is -2.15. The van der Waals surface area contributed by atoms with Gasteiger partial charge >= 0.3 is 0 Å². The molecule has 3 N–H and O–H groups in total. The minimum atomic E-state index is 0.134. The second-order valence-corrected chi connectivity index (χ2v) is 6.37. The van der Waals surface area contributed by atoms with Gasteiger partial charge in [-0.15, -0.1) is 0 Å². The van der Waals surface area contributed by atoms with Crippen molar-refractivity contribution in [3.63, 3.8) is 0 Å². The number of aromatic nitrogens is 2. The molecule has 0 fully saturated rings. The number of phenolic OH excluding ortho intramolecular Hbond substituents is 1. The minimum Gasteiger partial charge on any atom is -0.508 e. The molecule has 1 aromatic heterocycles. The van der Waals surface area contributed by atoms with Gasteiger partial charge < -0.3 is 10.4 Å². The van der Waals surface area contributed by atoms with Crippen molar-refractivity contribution in [1.82, 2.24) is 10.2 Å². The summed E-state index contributed by atoms with van der Waals surface area (Å²) in [5, 5.41) is 21.4. The molecular formula is C20H21N3O. The summed E-state index contributed by atoms with van der Waals surface area (Å²) in [6, 6.07) is 13.9. The van der Waals surface area contributed by atoms with Crippen molar-refractivity contribution in [2.45, 2.75) is 31.7 Å². The van der Waals surface area contributed by atoms with Gasteiger partial charge in [0, 0.05) is 11.1 Å². The predicted octanol–water partition coefficient (Wildman–Crippen LogP) is 4.92. The van der Waals surface area contributed by atoms with E-state index in [9.17, 15) is 5.11 Å². The molecule has 2 aromatic carbocycles. The molecule has 0 aliphatic heterocycles. The number of anilines is 1. The SMILES string of the molecule is Oc1ccc(C(Nc2ccc3[nH]ncc3c2)C2=CCCCC2)cc1. The lowest BCUT2D eigenvalue weighted by molar-refractivity contribution is 0.475. The van der Waals surface area contributed by atoms with Gasteiger partial charge in [0.15, 0.2) is 0 Å². The number of hydrogen-bond donors (Lipinski definition) is 3. The molecule has 1 aliphatic rings. The molecule has 4 rings (SSSR count). The largest absolute Gasteiger partial charge is 0.508 e. The van der Waals surface area contributed by atoms with Gasteiger partial charge in [0.05, 0.1) is 17.8 Å². The first kappa shape index (κ1) is 14.8. The maximum Gasteiger partial charge on any atom is 0.115 e. The van der Waals surface area contributed by atoms with Gasteiger partial charge in [0.1, 0.15) is 5.75 Å². The normalized spacial score (nSPS) is 15.9. The molecule has 24 heavy (non-hydrogen) atoms. The predicted molar refractivity (Wildman–Crippen MR) is 97.1 cm³/mol. The Balaban J connectivity index is 1.68. The highest BCUT2D eigenvalue weighted by atomic mass is 16.3. The van der Waals surface area contributed by atoms with E-state index in [4.69, 9.17) is 0 Å². The van der Waals surface area contributed by atoms with Crippen molar-refractivity contribution in [3.05, 3.63) is 65.9 Å². The first-order valence-corrected chi connectivity index (χ1v) is 8.47. The van der Waals surface area contributed by atoms with E-state index in [0.717, 1.165) is 29.4 Å². The second-order valence-electron chi connectivity index (χ2n) is 6.37. The van der Waals surface area contributed by atoms with Crippen LogP contribution in [0.15, 0.2) is 60.3 Å². The van der Waals surface area contributed by atoms with Crippen molar-refractivity contribution >= 4 is 16.6 Å². The maximum absolute atomic E-state index is 9.59. The molecule has 122 valence electrons. The van der Waals surface area contributed by atoms with Gasteiger partial charge in [0.25, 0.3) is 0 Å². The molecule has 0 radical (unpaired) electrons. The minimum absolute atomic E-state index is 0.134. The van der Waals surface area contributed by atoms with E-state index in [-0.39, 0.29) is 6.04 Å². The molecule has 1 aliphatic carbocycles. The average Bonchev–Trinajstić information content (AvgIpc) is 3.09. The summed E-state index contributed by atoms with van der Waals surface area (Å²) in [5.41, 5.74) is 4.72. The molecular weight excluding hydrogens is 298 g/mol. The molecule has 0 amide bonds. The summed E-state index contributed by atoms with van der Waals surface area (Å²) in [4.78, 5) is 0. The monoisotopic (exact) mass is 319 g/mol. The van der Waals surface area contributed by atoms with Crippen LogP contribution in [0.4, 0.5) is 5.69 Å². The fourth-order valence-corrected chi connectivity index (χ4v) is 3.38. The van der Waals surface area contributed by atoms with E-state index in [1.54, 1.807) is 12.1 Å². The van der Waals surface area contributed by atoms with Gasteiger partial charge in [-0.05, 0) is 67.2 Å². The molecule has 1 unspecified atom stereocenters. The average molecular weight is 319 g/mol. The fourth-order valence-electron chi connectivity index (χ4n) is 3.38. The highest BCUT2D eigenvalue weighted by molar-refractivity contribution is 5.81. The number of hydrogen-bond acceptors (Lipinski definition) is 3. The van der Waals surface area contributed by atoms with Crippen LogP contribution in [0.25, 0.3) is 10.9 Å². The number of aromatic amines is 1. The van der Waals surface area contributed by atoms with Crippen molar-refractivity contribution in [2.75, 3.05) is 5.32 Å². The Labute approximate surface area is 141 Å². The van der Waals surface area contributed by atoms with Crippen molar-refractivity contribution in [1.29, 1.82) is 0 Å². The molecule has 0 saturated heterocycles. The lowest BCUT2D eigenvalue weighted by atomic mass is 9.89. The summed E-state index contributed by atoms with van der Waals surface area (Å²) in [5.74, 6) is 0.301. The van der Waals surface area contributed by atoms with Gasteiger partial charge in [-0.25, -0.2) is 0 Å². The van der Waals surface area contributed by atoms with Crippen LogP contribution in [0.1, 0.15) is 37.3 Å². The number of fused-ring (bicyclic) bond motifs is 1. The first-order valence-electron chi connectivity index (χ1n) is 8.47. The number of aromatic hydroxyl groups is 1. The molecule has 1 atom stereocenters. The summed E-state index contributed by atoms with van der Waals surface area (Å²) in [7, 11) is 0. The third kappa shape index (κ3) is 3.00. The van der Waals surface area contributed by atoms with E-state index in [1.165, 1.54) is 24.0 Å². The van der Waals surface area contributed by atoms with Crippen molar-refractivity contribution < 1.29 is 5.11 Å². The van der Waals surface area contributed by atoms with Crippen LogP contribution < -0.4 is 5.32 Å². The Kier molecular flexibility index (Phi) is 3.95. The highest BCUT2D eigenvalue weighted by Gasteiger charge is 2.18. The molecule has 0 spiro atoms. The van der Waals surface area contributed by atoms with E-state index < -0.39 is 0 Å². The van der Waals surface area contributed by atoms with E-state index in [0.29, 0.717) is 5.75 Å². The fraction of sp³-hybridized carbons (Fsp3) is 0.250. The van der Waals surface area contributed by atoms with Crippen LogP contribution in [0.3, 0.4) is 0 Å². The summed E-state index contributed by atoms with van der Waals surface area (Å²) in [6.45, 7) is 0. The number of allylic oxidation sites excluding steroid dienone is 1. The standard InChI is InChI=1S/C20H21N3O/c24-18-9-6-15(7-10-18)20(14-4-2-1-3-5-14)22-17-8-11-19-16(12-17)13-21-23-19/h4,6-13,20,22,24H,1-3,5H2,(H,21,23). The molecule has 3 aromatic rings. The van der Waals surface area contributed by atoms with Crippen LogP contribution in [0, 0.1) is 0 Å². The molecule has 0 bridgehead atoms. The van der Waals surface area contributed by atoms with Gasteiger partial charge in [-0.3, -0.25) is 5.10 Å². The molecule has 1 heterocycles. The quantitative estimate of drug-likeness (QED) is 0.598. The van der Waals surface area contributed by atoms with E-state index >= 15 is 0 Å². The maximum atomic E-state index is 9.59. The zero-order chi connectivity index (χ0) is 16.4. The van der Waals surface area contributed by atoms with Crippen LogP contribution in [0.5, 0.6) is 5.75 Å². The molecule has 0 saturated carbocycles. The van der Waals surface area contributed by atoms with Crippen LogP contribution >= 0.6 is 0 Å². The number of nitrogens with zero attached hydrogens (tertiary/aromatic N) is 1. The third-order valence-corrected chi connectivity index (χ3v) is 4.67. The van der Waals surface area contributed by atoms with Crippen molar-refractivity contribution in [2.24, 2.45) is 0 Å². The van der Waals surface area contributed by atoms with Crippen molar-refractivity contribution in [3.8, 4) is 5.75 Å². The summed E-state index contributed by atoms with van der Waals surface area (Å²) < 4.78 is 0. The Hall–Kier alpha value is -2.75. The molecule has 4 heteroatoms. The van der Waals surface area contributed by atoms with Crippen LogP contribution in [-0.4, -0.2) is 15.3 Å². The summed E-state index contributed by atoms with van der Waals surface area (Å²) >= 11 is 0. The van der Waals surface area contributed by atoms with E-state index in [1.807, 2.05) is 24.4 Å². The van der Waals surface area contributed by atoms with Gasteiger partial charge in [0.2, 0.25) is 0 Å². The van der Waals surface area contributed by atoms with Crippen LogP contribution in [-0.2, 0) is 0 Å². The smallest absolute Gasteiger partial charge is 0.115 e. The number of phenols is 1. The molecule has 4 nitrogen and oxygen atoms in total. The number of nitrogens with one attached hydrogen (secondary N) is 2. The van der Waals surface area contributed by atoms with Crippen LogP contribution in [0.2, 0.25) is 0 Å². The Bertz CT molecular complexity index is 864. The zero-order valence-electron chi connectivity index (χ0n) is 13.5. The van der Waals surface area contributed by atoms with Gasteiger partial charge in [-0.1, -0.05) is 18.2 Å². The Morgan fingerprint density at radius 1 is 1.08 bits per heavy atom. The first-order chi connectivity index (χ1) is 11.8. The Morgan fingerprint density at radius 3 is 2.75 bits per heavy atom. The number of H-pyrrole nitrogens is 1.